The van der Waals surface area contributed by atoms with E-state index in [0.29, 0.717) is 23.7 Å². The summed E-state index contributed by atoms with van der Waals surface area (Å²) in [6.45, 7) is 4.83. The smallest absolute Gasteiger partial charge is 0.126 e. The maximum Gasteiger partial charge on any atom is 0.126 e. The van der Waals surface area contributed by atoms with Crippen LogP contribution in [0.15, 0.2) is 12.1 Å². The van der Waals surface area contributed by atoms with Crippen molar-refractivity contribution in [1.82, 2.24) is 5.32 Å². The summed E-state index contributed by atoms with van der Waals surface area (Å²) in [6, 6.07) is 3.19. The van der Waals surface area contributed by atoms with Crippen LogP contribution >= 0.6 is 11.6 Å². The Balaban J connectivity index is 2.65. The van der Waals surface area contributed by atoms with Crippen molar-refractivity contribution < 1.29 is 4.39 Å². The van der Waals surface area contributed by atoms with Gasteiger partial charge < -0.3 is 11.1 Å². The molecule has 0 heterocycles. The predicted octanol–water partition coefficient (Wildman–Crippen LogP) is 2.22. The summed E-state index contributed by atoms with van der Waals surface area (Å²) < 4.78 is 13.2. The molecule has 0 spiro atoms. The molecule has 1 unspecified atom stereocenters. The van der Waals surface area contributed by atoms with Crippen molar-refractivity contribution >= 4 is 11.6 Å². The van der Waals surface area contributed by atoms with Gasteiger partial charge in [-0.25, -0.2) is 4.39 Å². The topological polar surface area (TPSA) is 38.0 Å². The van der Waals surface area contributed by atoms with Gasteiger partial charge in [0.2, 0.25) is 0 Å². The quantitative estimate of drug-likeness (QED) is 0.833. The highest BCUT2D eigenvalue weighted by Gasteiger charge is 2.05. The zero-order valence-electron chi connectivity index (χ0n) is 8.98. The number of nitrogens with two attached hydrogens (primary N) is 1. The van der Waals surface area contributed by atoms with Gasteiger partial charge in [-0.1, -0.05) is 11.6 Å². The molecule has 2 nitrogen and oxygen atoms in total. The van der Waals surface area contributed by atoms with Crippen LogP contribution < -0.4 is 11.1 Å². The summed E-state index contributed by atoms with van der Waals surface area (Å²) in [6.07, 6.45) is 0. The molecule has 1 rings (SSSR count). The third kappa shape index (κ3) is 3.78. The number of halogens is 2. The number of hydrogen-bond acceptors (Lipinski definition) is 2. The van der Waals surface area contributed by atoms with Crippen LogP contribution in [-0.4, -0.2) is 12.6 Å². The van der Waals surface area contributed by atoms with Gasteiger partial charge in [0.05, 0.1) is 0 Å². The second-order valence-electron chi connectivity index (χ2n) is 3.80. The molecule has 1 aromatic carbocycles. The fourth-order valence-electron chi connectivity index (χ4n) is 1.26. The van der Waals surface area contributed by atoms with Crippen molar-refractivity contribution in [3.05, 3.63) is 34.1 Å². The zero-order valence-corrected chi connectivity index (χ0v) is 9.74. The van der Waals surface area contributed by atoms with E-state index in [-0.39, 0.29) is 11.9 Å². The largest absolute Gasteiger partial charge is 0.327 e. The van der Waals surface area contributed by atoms with Crippen LogP contribution in [0.25, 0.3) is 0 Å². The molecule has 1 aromatic rings. The maximum atomic E-state index is 13.2. The van der Waals surface area contributed by atoms with Crippen molar-refractivity contribution in [2.24, 2.45) is 5.73 Å². The average molecular weight is 231 g/mol. The van der Waals surface area contributed by atoms with Crippen molar-refractivity contribution in [2.45, 2.75) is 26.4 Å². The van der Waals surface area contributed by atoms with Gasteiger partial charge >= 0.3 is 0 Å². The summed E-state index contributed by atoms with van der Waals surface area (Å²) >= 11 is 5.98. The Labute approximate surface area is 94.6 Å². The van der Waals surface area contributed by atoms with E-state index in [9.17, 15) is 4.39 Å². The van der Waals surface area contributed by atoms with Gasteiger partial charge in [-0.2, -0.15) is 0 Å². The van der Waals surface area contributed by atoms with E-state index in [1.165, 1.54) is 6.07 Å². The van der Waals surface area contributed by atoms with Crippen LogP contribution in [0.2, 0.25) is 5.02 Å². The summed E-state index contributed by atoms with van der Waals surface area (Å²) in [7, 11) is 0. The average Bonchev–Trinajstić information content (AvgIpc) is 2.13. The third-order valence-electron chi connectivity index (χ3n) is 2.11. The molecule has 15 heavy (non-hydrogen) atoms. The lowest BCUT2D eigenvalue weighted by Crippen LogP contribution is -2.30. The molecule has 0 aliphatic carbocycles. The van der Waals surface area contributed by atoms with E-state index in [2.05, 4.69) is 5.32 Å². The maximum absolute atomic E-state index is 13.2. The Morgan fingerprint density at radius 1 is 1.53 bits per heavy atom. The standard InChI is InChI=1S/C11H16ClFN2/c1-7-3-10(12)9(4-11(7)13)6-15-5-8(2)14/h3-4,8,15H,5-6,14H2,1-2H3. The van der Waals surface area contributed by atoms with E-state index in [1.54, 1.807) is 13.0 Å². The number of rotatable bonds is 4. The van der Waals surface area contributed by atoms with E-state index in [0.717, 1.165) is 5.56 Å². The fraction of sp³-hybridized carbons (Fsp3) is 0.455. The molecule has 1 atom stereocenters. The first-order valence-corrected chi connectivity index (χ1v) is 5.29. The zero-order chi connectivity index (χ0) is 11.4. The highest BCUT2D eigenvalue weighted by molar-refractivity contribution is 6.31. The van der Waals surface area contributed by atoms with Gasteiger partial charge in [0.25, 0.3) is 0 Å². The summed E-state index contributed by atoms with van der Waals surface area (Å²) in [5, 5.41) is 3.70. The SMILES string of the molecule is Cc1cc(Cl)c(CNCC(C)N)cc1F. The van der Waals surface area contributed by atoms with E-state index < -0.39 is 0 Å². The van der Waals surface area contributed by atoms with Crippen LogP contribution in [0.4, 0.5) is 4.39 Å². The summed E-state index contributed by atoms with van der Waals surface area (Å²) in [5.74, 6) is -0.225. The molecule has 0 radical (unpaired) electrons. The minimum Gasteiger partial charge on any atom is -0.327 e. The molecule has 0 fully saturated rings. The Morgan fingerprint density at radius 3 is 2.80 bits per heavy atom. The van der Waals surface area contributed by atoms with Crippen molar-refractivity contribution in [3.8, 4) is 0 Å². The lowest BCUT2D eigenvalue weighted by Gasteiger charge is -2.09. The number of nitrogens with one attached hydrogen (secondary N) is 1. The molecular formula is C11H16ClFN2. The molecule has 0 saturated carbocycles. The van der Waals surface area contributed by atoms with Gasteiger partial charge in [-0.05, 0) is 37.1 Å². The lowest BCUT2D eigenvalue weighted by molar-refractivity contribution is 0.595. The highest BCUT2D eigenvalue weighted by atomic mass is 35.5. The fourth-order valence-corrected chi connectivity index (χ4v) is 1.54. The van der Waals surface area contributed by atoms with Crippen LogP contribution in [0.3, 0.4) is 0 Å². The van der Waals surface area contributed by atoms with E-state index >= 15 is 0 Å². The second-order valence-corrected chi connectivity index (χ2v) is 4.21. The molecule has 0 aliphatic heterocycles. The molecular weight excluding hydrogens is 215 g/mol. The van der Waals surface area contributed by atoms with Gasteiger partial charge in [-0.15, -0.1) is 0 Å². The molecule has 0 aliphatic rings. The van der Waals surface area contributed by atoms with Gasteiger partial charge in [0.15, 0.2) is 0 Å². The first-order valence-electron chi connectivity index (χ1n) is 4.91. The molecule has 0 amide bonds. The monoisotopic (exact) mass is 230 g/mol. The normalized spacial score (nSPS) is 12.9. The van der Waals surface area contributed by atoms with Crippen LogP contribution in [0.1, 0.15) is 18.1 Å². The number of aryl methyl sites for hydroxylation is 1. The first-order chi connectivity index (χ1) is 7.00. The van der Waals surface area contributed by atoms with Crippen LogP contribution in [0, 0.1) is 12.7 Å². The van der Waals surface area contributed by atoms with Crippen LogP contribution in [-0.2, 0) is 6.54 Å². The van der Waals surface area contributed by atoms with Crippen molar-refractivity contribution in [1.29, 1.82) is 0 Å². The summed E-state index contributed by atoms with van der Waals surface area (Å²) in [5.41, 5.74) is 6.91. The van der Waals surface area contributed by atoms with Crippen LogP contribution in [0.5, 0.6) is 0 Å². The Morgan fingerprint density at radius 2 is 2.20 bits per heavy atom. The molecule has 0 saturated heterocycles. The highest BCUT2D eigenvalue weighted by Crippen LogP contribution is 2.20. The van der Waals surface area contributed by atoms with Gasteiger partial charge in [0.1, 0.15) is 5.82 Å². The van der Waals surface area contributed by atoms with Gasteiger partial charge in [0, 0.05) is 24.2 Å². The molecule has 3 N–H and O–H groups in total. The minimum atomic E-state index is -0.225. The van der Waals surface area contributed by atoms with Crippen molar-refractivity contribution in [3.63, 3.8) is 0 Å². The number of hydrogen-bond donors (Lipinski definition) is 2. The molecule has 0 aromatic heterocycles. The lowest BCUT2D eigenvalue weighted by atomic mass is 10.1. The predicted molar refractivity (Wildman–Crippen MR) is 61.5 cm³/mol. The second kappa shape index (κ2) is 5.45. The molecule has 4 heteroatoms. The number of benzene rings is 1. The minimum absolute atomic E-state index is 0.0825. The third-order valence-corrected chi connectivity index (χ3v) is 2.46. The van der Waals surface area contributed by atoms with Gasteiger partial charge in [-0.3, -0.25) is 0 Å². The Bertz CT molecular complexity index is 340. The van der Waals surface area contributed by atoms with Crippen molar-refractivity contribution in [2.75, 3.05) is 6.54 Å². The Kier molecular flexibility index (Phi) is 4.51. The molecule has 84 valence electrons. The van der Waals surface area contributed by atoms with E-state index in [1.807, 2.05) is 6.92 Å². The molecule has 0 bridgehead atoms. The summed E-state index contributed by atoms with van der Waals surface area (Å²) in [4.78, 5) is 0. The van der Waals surface area contributed by atoms with E-state index in [4.69, 9.17) is 17.3 Å². The first kappa shape index (κ1) is 12.4. The Hall–Kier alpha value is -0.640.